The number of amides is 1. The van der Waals surface area contributed by atoms with Crippen LogP contribution in [0.1, 0.15) is 13.8 Å². The molecule has 1 aliphatic heterocycles. The van der Waals surface area contributed by atoms with E-state index in [1.54, 1.807) is 6.92 Å². The molecule has 1 amide bonds. The van der Waals surface area contributed by atoms with Gasteiger partial charge in [-0.15, -0.1) is 0 Å². The molecular formula is C15H22N2O7S2. The first kappa shape index (κ1) is 20.6. The minimum atomic E-state index is -3.99. The first-order valence-corrected chi connectivity index (χ1v) is 11.1. The van der Waals surface area contributed by atoms with Gasteiger partial charge >= 0.3 is 0 Å². The average molecular weight is 406 g/mol. The molecule has 1 N–H and O–H groups in total. The third-order valence-electron chi connectivity index (χ3n) is 3.71. The number of rotatable bonds is 8. The minimum Gasteiger partial charge on any atom is -0.492 e. The van der Waals surface area contributed by atoms with E-state index in [4.69, 9.17) is 9.47 Å². The molecule has 26 heavy (non-hydrogen) atoms. The topological polar surface area (TPSA) is 119 Å². The monoisotopic (exact) mass is 406 g/mol. The second-order valence-electron chi connectivity index (χ2n) is 5.74. The Morgan fingerprint density at radius 2 is 2.04 bits per heavy atom. The first-order valence-electron chi connectivity index (χ1n) is 7.96. The summed E-state index contributed by atoms with van der Waals surface area (Å²) in [6.07, 6.45) is 0. The molecule has 1 unspecified atom stereocenters. The van der Waals surface area contributed by atoms with E-state index in [1.807, 2.05) is 0 Å². The van der Waals surface area contributed by atoms with Gasteiger partial charge in [-0.05, 0) is 25.1 Å². The maximum Gasteiger partial charge on any atom is 0.244 e. The molecule has 0 spiro atoms. The summed E-state index contributed by atoms with van der Waals surface area (Å²) in [7, 11) is -6.40. The summed E-state index contributed by atoms with van der Waals surface area (Å²) in [4.78, 5) is 12.0. The summed E-state index contributed by atoms with van der Waals surface area (Å²) >= 11 is 0. The molecule has 1 aromatic carbocycles. The lowest BCUT2D eigenvalue weighted by atomic mass is 10.2. The summed E-state index contributed by atoms with van der Waals surface area (Å²) in [6, 6.07) is 3.83. The Morgan fingerprint density at radius 3 is 2.58 bits per heavy atom. The highest BCUT2D eigenvalue weighted by molar-refractivity contribution is 7.94. The van der Waals surface area contributed by atoms with Crippen molar-refractivity contribution < 1.29 is 31.1 Å². The van der Waals surface area contributed by atoms with Crippen LogP contribution in [0.5, 0.6) is 5.75 Å². The van der Waals surface area contributed by atoms with Gasteiger partial charge in [0.15, 0.2) is 0 Å². The highest BCUT2D eigenvalue weighted by Crippen LogP contribution is 2.33. The largest absolute Gasteiger partial charge is 0.492 e. The van der Waals surface area contributed by atoms with Crippen LogP contribution in [-0.2, 0) is 29.6 Å². The number of nitrogens with zero attached hydrogens (tertiary/aromatic N) is 1. The Balaban J connectivity index is 2.51. The molecule has 1 aliphatic rings. The summed E-state index contributed by atoms with van der Waals surface area (Å²) in [5.74, 6) is -1.53. The van der Waals surface area contributed by atoms with Gasteiger partial charge in [0.1, 0.15) is 10.6 Å². The van der Waals surface area contributed by atoms with Crippen molar-refractivity contribution in [3.05, 3.63) is 18.2 Å². The van der Waals surface area contributed by atoms with Gasteiger partial charge in [0, 0.05) is 13.7 Å². The van der Waals surface area contributed by atoms with Gasteiger partial charge in [-0.2, -0.15) is 0 Å². The number of hydrogen-bond donors (Lipinski definition) is 1. The summed E-state index contributed by atoms with van der Waals surface area (Å²) < 4.78 is 62.8. The zero-order valence-electron chi connectivity index (χ0n) is 14.8. The number of nitrogens with one attached hydrogen (secondary N) is 1. The molecule has 0 bridgehead atoms. The Bertz CT molecular complexity index is 881. The zero-order chi connectivity index (χ0) is 19.5. The zero-order valence-corrected chi connectivity index (χ0v) is 16.4. The summed E-state index contributed by atoms with van der Waals surface area (Å²) in [6.45, 7) is 3.63. The molecule has 0 aliphatic carbocycles. The Labute approximate surface area is 153 Å². The van der Waals surface area contributed by atoms with Crippen LogP contribution < -0.4 is 13.8 Å². The van der Waals surface area contributed by atoms with Crippen LogP contribution in [0.25, 0.3) is 0 Å². The molecule has 9 nitrogen and oxygen atoms in total. The fraction of sp³-hybridized carbons (Fsp3) is 0.533. The number of ether oxygens (including phenoxy) is 2. The van der Waals surface area contributed by atoms with E-state index >= 15 is 0 Å². The van der Waals surface area contributed by atoms with E-state index in [0.29, 0.717) is 4.31 Å². The van der Waals surface area contributed by atoms with Crippen molar-refractivity contribution in [2.45, 2.75) is 18.7 Å². The average Bonchev–Trinajstić information content (AvgIpc) is 2.76. The van der Waals surface area contributed by atoms with Gasteiger partial charge in [0.25, 0.3) is 0 Å². The summed E-state index contributed by atoms with van der Waals surface area (Å²) in [5, 5.41) is 0. The number of benzene rings is 1. The maximum absolute atomic E-state index is 12.6. The molecule has 1 atom stereocenters. The lowest BCUT2D eigenvalue weighted by Gasteiger charge is -2.18. The van der Waals surface area contributed by atoms with E-state index in [-0.39, 0.29) is 41.8 Å². The summed E-state index contributed by atoms with van der Waals surface area (Å²) in [5.41, 5.74) is -0.0325. The number of carbonyl (C=O) groups is 1. The number of carbonyl (C=O) groups excluding carboxylic acids is 1. The Hall–Kier alpha value is -1.69. The Kier molecular flexibility index (Phi) is 6.27. The molecule has 1 fully saturated rings. The number of sulfonamides is 2. The van der Waals surface area contributed by atoms with E-state index in [0.717, 1.165) is 6.07 Å². The number of hydrogen-bond acceptors (Lipinski definition) is 7. The highest BCUT2D eigenvalue weighted by atomic mass is 32.2. The van der Waals surface area contributed by atoms with Crippen LogP contribution in [0.4, 0.5) is 5.69 Å². The predicted octanol–water partition coefficient (Wildman–Crippen LogP) is 0.323. The second-order valence-corrected chi connectivity index (χ2v) is 9.33. The van der Waals surface area contributed by atoms with Gasteiger partial charge in [0.05, 0.1) is 30.6 Å². The Morgan fingerprint density at radius 1 is 1.35 bits per heavy atom. The third-order valence-corrected chi connectivity index (χ3v) is 7.06. The van der Waals surface area contributed by atoms with Crippen LogP contribution in [0.2, 0.25) is 0 Å². The van der Waals surface area contributed by atoms with Crippen molar-refractivity contribution in [2.24, 2.45) is 5.92 Å². The van der Waals surface area contributed by atoms with Gasteiger partial charge in [-0.3, -0.25) is 4.79 Å². The molecule has 0 radical (unpaired) electrons. The fourth-order valence-electron chi connectivity index (χ4n) is 2.55. The van der Waals surface area contributed by atoms with Crippen molar-refractivity contribution in [1.82, 2.24) is 4.72 Å². The lowest BCUT2D eigenvalue weighted by molar-refractivity contribution is -0.119. The van der Waals surface area contributed by atoms with E-state index in [9.17, 15) is 21.6 Å². The first-order chi connectivity index (χ1) is 12.1. The van der Waals surface area contributed by atoms with E-state index < -0.39 is 31.9 Å². The molecule has 1 saturated heterocycles. The normalized spacial score (nSPS) is 19.7. The lowest BCUT2D eigenvalue weighted by Crippen LogP contribution is -2.31. The number of methoxy groups -OCH3 is 1. The van der Waals surface area contributed by atoms with E-state index in [1.165, 1.54) is 26.2 Å². The van der Waals surface area contributed by atoms with Crippen LogP contribution >= 0.6 is 0 Å². The molecule has 1 heterocycles. The smallest absolute Gasteiger partial charge is 0.244 e. The molecule has 0 aromatic heterocycles. The molecule has 2 rings (SSSR count). The predicted molar refractivity (Wildman–Crippen MR) is 95.1 cm³/mol. The van der Waals surface area contributed by atoms with E-state index in [2.05, 4.69) is 4.72 Å². The SMILES string of the molecule is CCOc1ccc(N2C(=O)C(C)CS2(=O)=O)cc1S(=O)(=O)NCCOC. The second kappa shape index (κ2) is 7.91. The van der Waals surface area contributed by atoms with Crippen molar-refractivity contribution in [2.75, 3.05) is 36.9 Å². The van der Waals surface area contributed by atoms with Gasteiger partial charge in [0.2, 0.25) is 26.0 Å². The van der Waals surface area contributed by atoms with Crippen LogP contribution in [-0.4, -0.2) is 55.4 Å². The maximum atomic E-state index is 12.6. The van der Waals surface area contributed by atoms with Crippen molar-refractivity contribution in [3.63, 3.8) is 0 Å². The third kappa shape index (κ3) is 4.17. The van der Waals surface area contributed by atoms with Crippen molar-refractivity contribution in [3.8, 4) is 5.75 Å². The molecular weight excluding hydrogens is 384 g/mol. The van der Waals surface area contributed by atoms with Crippen molar-refractivity contribution in [1.29, 1.82) is 0 Å². The van der Waals surface area contributed by atoms with Gasteiger partial charge < -0.3 is 9.47 Å². The van der Waals surface area contributed by atoms with Crippen LogP contribution in [0.15, 0.2) is 23.1 Å². The van der Waals surface area contributed by atoms with Crippen LogP contribution in [0, 0.1) is 5.92 Å². The molecule has 1 aromatic rings. The standard InChI is InChI=1S/C15H22N2O7S2/c1-4-24-13-6-5-12(17-15(18)11(2)10-25(17,19)20)9-14(13)26(21,22)16-7-8-23-3/h5-6,9,11,16H,4,7-8,10H2,1-3H3. The molecule has 11 heteroatoms. The van der Waals surface area contributed by atoms with Crippen LogP contribution in [0.3, 0.4) is 0 Å². The van der Waals surface area contributed by atoms with Gasteiger partial charge in [-0.25, -0.2) is 25.9 Å². The number of anilines is 1. The fourth-order valence-corrected chi connectivity index (χ4v) is 5.54. The van der Waals surface area contributed by atoms with Gasteiger partial charge in [-0.1, -0.05) is 6.92 Å². The molecule has 146 valence electrons. The molecule has 0 saturated carbocycles. The minimum absolute atomic E-state index is 0.0325. The highest BCUT2D eigenvalue weighted by Gasteiger charge is 2.42. The van der Waals surface area contributed by atoms with Crippen molar-refractivity contribution >= 4 is 31.6 Å². The quantitative estimate of drug-likeness (QED) is 0.618.